The van der Waals surface area contributed by atoms with Crippen LogP contribution in [-0.4, -0.2) is 14.8 Å². The maximum absolute atomic E-state index is 5.73. The minimum absolute atomic E-state index is 0.615. The number of aromatic nitrogens is 3. The van der Waals surface area contributed by atoms with Gasteiger partial charge in [0.05, 0.1) is 24.0 Å². The van der Waals surface area contributed by atoms with Gasteiger partial charge in [-0.15, -0.1) is 11.3 Å². The lowest BCUT2D eigenvalue weighted by Gasteiger charge is -1.94. The van der Waals surface area contributed by atoms with E-state index in [0.29, 0.717) is 15.9 Å². The Morgan fingerprint density at radius 1 is 1.38 bits per heavy atom. The van der Waals surface area contributed by atoms with Crippen LogP contribution in [-0.2, 0) is 6.54 Å². The van der Waals surface area contributed by atoms with Crippen LogP contribution < -0.4 is 0 Å². The second-order valence-corrected chi connectivity index (χ2v) is 4.60. The molecule has 0 aliphatic carbocycles. The van der Waals surface area contributed by atoms with E-state index in [4.69, 9.17) is 23.2 Å². The Kier molecular flexibility index (Phi) is 2.53. The van der Waals surface area contributed by atoms with Crippen LogP contribution in [0.1, 0.15) is 5.01 Å². The molecule has 2 aromatic heterocycles. The molecule has 0 atom stereocenters. The maximum Gasteiger partial charge on any atom is 0.116 e. The molecular weight excluding hydrogens is 229 g/mol. The molecule has 0 amide bonds. The predicted molar refractivity (Wildman–Crippen MR) is 53.5 cm³/mol. The highest BCUT2D eigenvalue weighted by molar-refractivity contribution is 7.15. The van der Waals surface area contributed by atoms with E-state index in [-0.39, 0.29) is 0 Å². The van der Waals surface area contributed by atoms with E-state index in [0.717, 1.165) is 5.01 Å². The molecule has 0 radical (unpaired) electrons. The third-order valence-electron chi connectivity index (χ3n) is 1.42. The standard InChI is InChI=1S/C7H5Cl2N3S/c8-5-1-11-12(3-5)4-7-10-2-6(9)13-7/h1-3H,4H2. The molecule has 0 N–H and O–H groups in total. The van der Waals surface area contributed by atoms with Crippen LogP contribution in [0.15, 0.2) is 18.6 Å². The van der Waals surface area contributed by atoms with E-state index in [1.807, 2.05) is 0 Å². The van der Waals surface area contributed by atoms with E-state index < -0.39 is 0 Å². The lowest BCUT2D eigenvalue weighted by atomic mass is 10.6. The first-order valence-corrected chi connectivity index (χ1v) is 5.09. The summed E-state index contributed by atoms with van der Waals surface area (Å²) in [5.41, 5.74) is 0. The van der Waals surface area contributed by atoms with Crippen molar-refractivity contribution >= 4 is 34.5 Å². The van der Waals surface area contributed by atoms with Crippen LogP contribution in [0.5, 0.6) is 0 Å². The first-order valence-electron chi connectivity index (χ1n) is 3.52. The van der Waals surface area contributed by atoms with E-state index in [9.17, 15) is 0 Å². The SMILES string of the molecule is Clc1cnn(Cc2ncc(Cl)s2)c1. The van der Waals surface area contributed by atoms with Gasteiger partial charge in [-0.1, -0.05) is 23.2 Å². The molecule has 3 nitrogen and oxygen atoms in total. The molecule has 0 fully saturated rings. The molecule has 0 aliphatic heterocycles. The maximum atomic E-state index is 5.73. The third-order valence-corrected chi connectivity index (χ3v) is 2.72. The molecule has 0 aromatic carbocycles. The Balaban J connectivity index is 2.14. The molecule has 0 bridgehead atoms. The van der Waals surface area contributed by atoms with Gasteiger partial charge in [-0.05, 0) is 0 Å². The second-order valence-electron chi connectivity index (χ2n) is 2.41. The Hall–Kier alpha value is -0.580. The minimum Gasteiger partial charge on any atom is -0.264 e. The molecule has 2 aromatic rings. The highest BCUT2D eigenvalue weighted by Crippen LogP contribution is 2.19. The summed E-state index contributed by atoms with van der Waals surface area (Å²) in [4.78, 5) is 4.10. The van der Waals surface area contributed by atoms with E-state index in [2.05, 4.69) is 10.1 Å². The van der Waals surface area contributed by atoms with Gasteiger partial charge >= 0.3 is 0 Å². The minimum atomic E-state index is 0.615. The Bertz CT molecular complexity index is 371. The molecular formula is C7H5Cl2N3S. The summed E-state index contributed by atoms with van der Waals surface area (Å²) in [7, 11) is 0. The van der Waals surface area contributed by atoms with E-state index >= 15 is 0 Å². The average Bonchev–Trinajstić information content (AvgIpc) is 2.62. The monoisotopic (exact) mass is 233 g/mol. The smallest absolute Gasteiger partial charge is 0.116 e. The van der Waals surface area contributed by atoms with Crippen molar-refractivity contribution in [3.63, 3.8) is 0 Å². The normalized spacial score (nSPS) is 10.6. The van der Waals surface area contributed by atoms with Crippen molar-refractivity contribution in [2.75, 3.05) is 0 Å². The molecule has 0 aliphatic rings. The van der Waals surface area contributed by atoms with Crippen LogP contribution in [0.25, 0.3) is 0 Å². The van der Waals surface area contributed by atoms with Gasteiger partial charge in [-0.3, -0.25) is 4.68 Å². The summed E-state index contributed by atoms with van der Waals surface area (Å²) < 4.78 is 2.41. The molecule has 0 saturated carbocycles. The van der Waals surface area contributed by atoms with E-state index in [1.54, 1.807) is 23.3 Å². The van der Waals surface area contributed by atoms with Gasteiger partial charge in [0.2, 0.25) is 0 Å². The topological polar surface area (TPSA) is 30.7 Å². The Morgan fingerprint density at radius 3 is 2.77 bits per heavy atom. The van der Waals surface area contributed by atoms with Crippen molar-refractivity contribution < 1.29 is 0 Å². The van der Waals surface area contributed by atoms with Crippen molar-refractivity contribution in [2.45, 2.75) is 6.54 Å². The molecule has 0 saturated heterocycles. The summed E-state index contributed by atoms with van der Waals surface area (Å²) in [6, 6.07) is 0. The van der Waals surface area contributed by atoms with Gasteiger partial charge in [0, 0.05) is 6.20 Å². The highest BCUT2D eigenvalue weighted by Gasteiger charge is 2.01. The predicted octanol–water partition coefficient (Wildman–Crippen LogP) is 2.69. The van der Waals surface area contributed by atoms with Crippen molar-refractivity contribution in [1.82, 2.24) is 14.8 Å². The number of halogens is 2. The summed E-state index contributed by atoms with van der Waals surface area (Å²) >= 11 is 12.9. The van der Waals surface area contributed by atoms with Crippen LogP contribution in [0.4, 0.5) is 0 Å². The van der Waals surface area contributed by atoms with Crippen molar-refractivity contribution in [2.24, 2.45) is 0 Å². The van der Waals surface area contributed by atoms with Crippen molar-refractivity contribution in [1.29, 1.82) is 0 Å². The summed E-state index contributed by atoms with van der Waals surface area (Å²) in [6.07, 6.45) is 4.97. The van der Waals surface area contributed by atoms with Gasteiger partial charge in [-0.2, -0.15) is 5.10 Å². The third kappa shape index (κ3) is 2.21. The summed E-state index contributed by atoms with van der Waals surface area (Å²) in [6.45, 7) is 0.615. The lowest BCUT2D eigenvalue weighted by Crippen LogP contribution is -1.98. The number of nitrogens with zero attached hydrogens (tertiary/aromatic N) is 3. The molecule has 6 heteroatoms. The summed E-state index contributed by atoms with van der Waals surface area (Å²) in [5.74, 6) is 0. The first-order chi connectivity index (χ1) is 6.24. The van der Waals surface area contributed by atoms with Gasteiger partial charge in [0.1, 0.15) is 9.34 Å². The highest BCUT2D eigenvalue weighted by atomic mass is 35.5. The zero-order valence-corrected chi connectivity index (χ0v) is 8.77. The number of rotatable bonds is 2. The van der Waals surface area contributed by atoms with Crippen LogP contribution in [0.3, 0.4) is 0 Å². The van der Waals surface area contributed by atoms with Gasteiger partial charge < -0.3 is 0 Å². The second kappa shape index (κ2) is 3.65. The molecule has 2 heterocycles. The van der Waals surface area contributed by atoms with Crippen molar-refractivity contribution in [3.05, 3.63) is 33.0 Å². The quantitative estimate of drug-likeness (QED) is 0.799. The largest absolute Gasteiger partial charge is 0.264 e. The van der Waals surface area contributed by atoms with E-state index in [1.165, 1.54) is 11.3 Å². The average molecular weight is 234 g/mol. The fourth-order valence-electron chi connectivity index (χ4n) is 0.924. The zero-order chi connectivity index (χ0) is 9.26. The number of hydrogen-bond donors (Lipinski definition) is 0. The fourth-order valence-corrected chi connectivity index (χ4v) is 2.03. The molecule has 13 heavy (non-hydrogen) atoms. The van der Waals surface area contributed by atoms with Gasteiger partial charge in [0.25, 0.3) is 0 Å². The number of hydrogen-bond acceptors (Lipinski definition) is 3. The zero-order valence-electron chi connectivity index (χ0n) is 6.44. The van der Waals surface area contributed by atoms with Gasteiger partial charge in [0.15, 0.2) is 0 Å². The lowest BCUT2D eigenvalue weighted by molar-refractivity contribution is 0.683. The number of thiazole rings is 1. The molecule has 0 unspecified atom stereocenters. The molecule has 68 valence electrons. The van der Waals surface area contributed by atoms with Gasteiger partial charge in [-0.25, -0.2) is 4.98 Å². The summed E-state index contributed by atoms with van der Waals surface area (Å²) in [5, 5.41) is 5.58. The van der Waals surface area contributed by atoms with Crippen molar-refractivity contribution in [3.8, 4) is 0 Å². The molecule has 0 spiro atoms. The molecule has 2 rings (SSSR count). The Labute approximate surface area is 88.9 Å². The van der Waals surface area contributed by atoms with Crippen LogP contribution in [0, 0.1) is 0 Å². The van der Waals surface area contributed by atoms with Crippen LogP contribution in [0.2, 0.25) is 9.36 Å². The fraction of sp³-hybridized carbons (Fsp3) is 0.143. The first kappa shape index (κ1) is 8.99. The van der Waals surface area contributed by atoms with Crippen LogP contribution >= 0.6 is 34.5 Å². The Morgan fingerprint density at radius 2 is 2.23 bits per heavy atom.